The molecular weight excluding hydrogens is 492 g/mol. The van der Waals surface area contributed by atoms with Crippen molar-refractivity contribution in [2.75, 3.05) is 20.3 Å². The summed E-state index contributed by atoms with van der Waals surface area (Å²) in [4.78, 5) is 21.8. The van der Waals surface area contributed by atoms with Gasteiger partial charge in [0.05, 0.1) is 46.8 Å². The van der Waals surface area contributed by atoms with Gasteiger partial charge in [0.2, 0.25) is 0 Å². The number of aromatic nitrogens is 4. The van der Waals surface area contributed by atoms with Crippen LogP contribution in [-0.4, -0.2) is 39.4 Å². The largest absolute Gasteiger partial charge is 0.490 e. The molecule has 0 unspecified atom stereocenters. The highest BCUT2D eigenvalue weighted by Gasteiger charge is 2.34. The number of hydrogen-bond acceptors (Lipinski definition) is 5. The molecule has 0 aliphatic carbocycles. The Balaban J connectivity index is 1.72. The molecule has 0 aliphatic heterocycles. The Hall–Kier alpha value is -4.25. The Morgan fingerprint density at radius 2 is 1.78 bits per heavy atom. The van der Waals surface area contributed by atoms with E-state index in [2.05, 4.69) is 9.97 Å². The number of nitrogens with zero attached hydrogens (tertiary/aromatic N) is 4. The summed E-state index contributed by atoms with van der Waals surface area (Å²) in [7, 11) is 3.07. The van der Waals surface area contributed by atoms with Crippen molar-refractivity contribution in [1.29, 1.82) is 0 Å². The number of ether oxygens (including phenoxy) is 2. The average molecular weight is 512 g/mol. The smallest absolute Gasteiger partial charge is 0.419 e. The summed E-state index contributed by atoms with van der Waals surface area (Å²) in [5.74, 6) is -0.882. The van der Waals surface area contributed by atoms with Crippen molar-refractivity contribution in [3.8, 4) is 22.6 Å². The van der Waals surface area contributed by atoms with Crippen LogP contribution in [0.1, 0.15) is 5.56 Å². The highest BCUT2D eigenvalue weighted by atomic mass is 19.4. The van der Waals surface area contributed by atoms with Crippen LogP contribution in [0.15, 0.2) is 65.8 Å². The van der Waals surface area contributed by atoms with E-state index in [1.54, 1.807) is 37.7 Å². The molecule has 0 spiro atoms. The first-order chi connectivity index (χ1) is 17.7. The number of aryl methyl sites for hydroxylation is 1. The van der Waals surface area contributed by atoms with E-state index in [1.165, 1.54) is 17.8 Å². The van der Waals surface area contributed by atoms with Crippen molar-refractivity contribution in [2.45, 2.75) is 6.18 Å². The molecule has 0 amide bonds. The third-order valence-electron chi connectivity index (χ3n) is 6.00. The van der Waals surface area contributed by atoms with Crippen LogP contribution in [0.4, 0.5) is 17.6 Å². The number of hydrogen-bond donors (Lipinski definition) is 0. The summed E-state index contributed by atoms with van der Waals surface area (Å²) >= 11 is 0. The molecular formula is C26H20F4N4O3. The summed E-state index contributed by atoms with van der Waals surface area (Å²) in [5.41, 5.74) is 0.562. The fraction of sp³-hybridized carbons (Fsp3) is 0.192. The van der Waals surface area contributed by atoms with Gasteiger partial charge in [0.25, 0.3) is 0 Å². The van der Waals surface area contributed by atoms with E-state index in [1.807, 2.05) is 6.07 Å². The van der Waals surface area contributed by atoms with Gasteiger partial charge in [-0.05, 0) is 42.0 Å². The normalized spacial score (nSPS) is 11.9. The Bertz CT molecular complexity index is 1690. The first-order valence-electron chi connectivity index (χ1n) is 11.1. The standard InChI is InChI=1S/C26H20F4N4O3/c1-33-23-14-32-22-6-3-15(16-9-18(13-31-12-16)37-8-7-36-2)10-19(22)24(23)34(25(33)35)17-4-5-21(27)20(11-17)26(28,29)30/h3-6,9-14H,7-8H2,1-2H3. The highest BCUT2D eigenvalue weighted by molar-refractivity contribution is 6.04. The van der Waals surface area contributed by atoms with Crippen LogP contribution in [0.2, 0.25) is 0 Å². The van der Waals surface area contributed by atoms with E-state index in [0.29, 0.717) is 53.0 Å². The number of rotatable bonds is 6. The van der Waals surface area contributed by atoms with Gasteiger partial charge in [-0.2, -0.15) is 13.2 Å². The van der Waals surface area contributed by atoms with Gasteiger partial charge in [-0.25, -0.2) is 9.18 Å². The second kappa shape index (κ2) is 9.32. The second-order valence-electron chi connectivity index (χ2n) is 8.31. The monoisotopic (exact) mass is 512 g/mol. The number of halogens is 4. The first kappa shape index (κ1) is 24.4. The zero-order valence-electron chi connectivity index (χ0n) is 19.7. The Kier molecular flexibility index (Phi) is 6.16. The maximum absolute atomic E-state index is 14.0. The lowest BCUT2D eigenvalue weighted by Crippen LogP contribution is -2.21. The molecule has 0 aliphatic rings. The molecule has 0 atom stereocenters. The zero-order valence-corrected chi connectivity index (χ0v) is 19.7. The molecule has 37 heavy (non-hydrogen) atoms. The Morgan fingerprint density at radius 1 is 0.973 bits per heavy atom. The zero-order chi connectivity index (χ0) is 26.3. The van der Waals surface area contributed by atoms with Crippen molar-refractivity contribution in [3.63, 3.8) is 0 Å². The molecule has 7 nitrogen and oxygen atoms in total. The minimum Gasteiger partial charge on any atom is -0.490 e. The molecule has 0 saturated carbocycles. The van der Waals surface area contributed by atoms with Crippen LogP contribution in [0.3, 0.4) is 0 Å². The number of imidazole rings is 1. The lowest BCUT2D eigenvalue weighted by atomic mass is 10.0. The van der Waals surface area contributed by atoms with Gasteiger partial charge in [0.1, 0.15) is 18.2 Å². The highest BCUT2D eigenvalue weighted by Crippen LogP contribution is 2.34. The van der Waals surface area contributed by atoms with Crippen molar-refractivity contribution < 1.29 is 27.0 Å². The molecule has 3 aromatic heterocycles. The Labute approximate surface area is 207 Å². The van der Waals surface area contributed by atoms with Crippen molar-refractivity contribution in [3.05, 3.63) is 82.9 Å². The molecule has 5 aromatic rings. The van der Waals surface area contributed by atoms with E-state index in [9.17, 15) is 22.4 Å². The van der Waals surface area contributed by atoms with E-state index >= 15 is 0 Å². The molecule has 0 bridgehead atoms. The second-order valence-corrected chi connectivity index (χ2v) is 8.31. The lowest BCUT2D eigenvalue weighted by Gasteiger charge is -2.12. The van der Waals surface area contributed by atoms with E-state index in [4.69, 9.17) is 9.47 Å². The summed E-state index contributed by atoms with van der Waals surface area (Å²) in [5, 5.41) is 0.524. The summed E-state index contributed by atoms with van der Waals surface area (Å²) in [6.07, 6.45) is -0.225. The van der Waals surface area contributed by atoms with E-state index in [0.717, 1.165) is 21.8 Å². The van der Waals surface area contributed by atoms with Gasteiger partial charge in [-0.1, -0.05) is 6.07 Å². The third kappa shape index (κ3) is 4.42. The fourth-order valence-electron chi connectivity index (χ4n) is 4.18. The van der Waals surface area contributed by atoms with Crippen molar-refractivity contribution in [1.82, 2.24) is 19.1 Å². The molecule has 11 heteroatoms. The van der Waals surface area contributed by atoms with Gasteiger partial charge >= 0.3 is 11.9 Å². The number of pyridine rings is 2. The van der Waals surface area contributed by atoms with Gasteiger partial charge in [-0.3, -0.25) is 19.1 Å². The molecule has 190 valence electrons. The summed E-state index contributed by atoms with van der Waals surface area (Å²) in [6.45, 7) is 0.757. The SMILES string of the molecule is COCCOc1cncc(-c2ccc3ncc4c(c3c2)n(-c2ccc(F)c(C(F)(F)F)c2)c(=O)n4C)c1. The van der Waals surface area contributed by atoms with Crippen LogP contribution in [0, 0.1) is 5.82 Å². The van der Waals surface area contributed by atoms with Crippen LogP contribution in [0.25, 0.3) is 38.8 Å². The van der Waals surface area contributed by atoms with E-state index in [-0.39, 0.29) is 5.69 Å². The lowest BCUT2D eigenvalue weighted by molar-refractivity contribution is -0.140. The minimum atomic E-state index is -4.92. The summed E-state index contributed by atoms with van der Waals surface area (Å²) in [6, 6.07) is 9.64. The maximum atomic E-state index is 14.0. The van der Waals surface area contributed by atoms with Gasteiger partial charge < -0.3 is 9.47 Å². The van der Waals surface area contributed by atoms with Gasteiger partial charge in [0.15, 0.2) is 0 Å². The molecule has 0 fully saturated rings. The molecule has 0 saturated heterocycles. The van der Waals surface area contributed by atoms with Crippen LogP contribution in [-0.2, 0) is 18.0 Å². The molecule has 0 radical (unpaired) electrons. The molecule has 2 aromatic carbocycles. The topological polar surface area (TPSA) is 71.2 Å². The minimum absolute atomic E-state index is 0.113. The molecule has 0 N–H and O–H groups in total. The van der Waals surface area contributed by atoms with Crippen molar-refractivity contribution >= 4 is 21.9 Å². The number of alkyl halides is 3. The van der Waals surface area contributed by atoms with Gasteiger partial charge in [-0.15, -0.1) is 0 Å². The van der Waals surface area contributed by atoms with Crippen LogP contribution >= 0.6 is 0 Å². The van der Waals surface area contributed by atoms with Gasteiger partial charge in [0, 0.05) is 31.3 Å². The molecule has 3 heterocycles. The number of benzene rings is 2. The molecule has 5 rings (SSSR count). The third-order valence-corrected chi connectivity index (χ3v) is 6.00. The average Bonchev–Trinajstić information content (AvgIpc) is 3.14. The number of methoxy groups -OCH3 is 1. The quantitative estimate of drug-likeness (QED) is 0.233. The van der Waals surface area contributed by atoms with Crippen molar-refractivity contribution in [2.24, 2.45) is 7.05 Å². The van der Waals surface area contributed by atoms with Crippen LogP contribution in [0.5, 0.6) is 5.75 Å². The number of fused-ring (bicyclic) bond motifs is 3. The maximum Gasteiger partial charge on any atom is 0.419 e. The van der Waals surface area contributed by atoms with E-state index < -0.39 is 23.2 Å². The first-order valence-corrected chi connectivity index (χ1v) is 11.1. The fourth-order valence-corrected chi connectivity index (χ4v) is 4.18. The summed E-state index contributed by atoms with van der Waals surface area (Å²) < 4.78 is 67.3. The predicted octanol–water partition coefficient (Wildman–Crippen LogP) is 5.12. The predicted molar refractivity (Wildman–Crippen MR) is 129 cm³/mol. The van der Waals surface area contributed by atoms with Crippen LogP contribution < -0.4 is 10.4 Å². The Morgan fingerprint density at radius 3 is 2.54 bits per heavy atom.